The Hall–Kier alpha value is -3.39. The Morgan fingerprint density at radius 2 is 1.66 bits per heavy atom. The summed E-state index contributed by atoms with van der Waals surface area (Å²) in [6, 6.07) is 14.8. The standard InChI is InChI=1S/C27H31N3O5/c1-29-13-14-30(15-23(29)26(32)33)25(31)24(17-7-6-8-17)28-27(34)35-16-22-20-11-4-2-9-18(20)19-10-3-5-12-21(19)22/h2-5,9-12,17,22-24H,6-8,13-16H2,1H3,(H,28,34)(H,32,33). The van der Waals surface area contributed by atoms with Gasteiger partial charge < -0.3 is 20.1 Å². The average Bonchev–Trinajstić information content (AvgIpc) is 3.14. The Morgan fingerprint density at radius 3 is 2.23 bits per heavy atom. The van der Waals surface area contributed by atoms with Gasteiger partial charge >= 0.3 is 12.1 Å². The maximum atomic E-state index is 13.4. The molecule has 0 bridgehead atoms. The van der Waals surface area contributed by atoms with Gasteiger partial charge in [0.25, 0.3) is 0 Å². The number of nitrogens with one attached hydrogen (secondary N) is 1. The zero-order valence-corrected chi connectivity index (χ0v) is 19.9. The summed E-state index contributed by atoms with van der Waals surface area (Å²) in [7, 11) is 1.75. The summed E-state index contributed by atoms with van der Waals surface area (Å²) < 4.78 is 5.68. The highest BCUT2D eigenvalue weighted by molar-refractivity contribution is 5.87. The smallest absolute Gasteiger partial charge is 0.407 e. The molecule has 0 aromatic heterocycles. The molecule has 2 aromatic rings. The van der Waals surface area contributed by atoms with Crippen LogP contribution in [0.15, 0.2) is 48.5 Å². The Bertz CT molecular complexity index is 1090. The fourth-order valence-corrected chi connectivity index (χ4v) is 5.46. The highest BCUT2D eigenvalue weighted by atomic mass is 16.5. The van der Waals surface area contributed by atoms with Gasteiger partial charge in [-0.05, 0) is 48.1 Å². The Balaban J connectivity index is 1.26. The highest BCUT2D eigenvalue weighted by Crippen LogP contribution is 2.44. The fourth-order valence-electron chi connectivity index (χ4n) is 5.46. The van der Waals surface area contributed by atoms with Crippen LogP contribution in [0.4, 0.5) is 4.79 Å². The van der Waals surface area contributed by atoms with Crippen molar-refractivity contribution in [2.24, 2.45) is 5.92 Å². The van der Waals surface area contributed by atoms with Gasteiger partial charge in [-0.1, -0.05) is 55.0 Å². The normalized spacial score (nSPS) is 20.9. The number of alkyl carbamates (subject to hydrolysis) is 1. The first kappa shape index (κ1) is 23.4. The largest absolute Gasteiger partial charge is 0.480 e. The predicted molar refractivity (Wildman–Crippen MR) is 130 cm³/mol. The SMILES string of the molecule is CN1CCN(C(=O)C(NC(=O)OCC2c3ccccc3-c3ccccc32)C2CCC2)CC1C(=O)O. The molecule has 0 radical (unpaired) electrons. The third kappa shape index (κ3) is 4.50. The molecule has 3 aliphatic rings. The number of benzene rings is 2. The molecule has 0 spiro atoms. The van der Waals surface area contributed by atoms with E-state index in [0.717, 1.165) is 41.5 Å². The minimum absolute atomic E-state index is 0.0471. The van der Waals surface area contributed by atoms with Gasteiger partial charge in [0.1, 0.15) is 18.7 Å². The number of hydrogen-bond donors (Lipinski definition) is 2. The number of aliphatic carboxylic acids is 1. The van der Waals surface area contributed by atoms with Crippen LogP contribution in [0.2, 0.25) is 0 Å². The van der Waals surface area contributed by atoms with Gasteiger partial charge in [0, 0.05) is 25.6 Å². The number of carbonyl (C=O) groups excluding carboxylic acids is 2. The van der Waals surface area contributed by atoms with Crippen molar-refractivity contribution < 1.29 is 24.2 Å². The number of nitrogens with zero attached hydrogens (tertiary/aromatic N) is 2. The molecule has 2 aromatic carbocycles. The van der Waals surface area contributed by atoms with Crippen molar-refractivity contribution in [2.75, 3.05) is 33.3 Å². The molecule has 8 nitrogen and oxygen atoms in total. The number of carboxylic acid groups (broad SMARTS) is 1. The summed E-state index contributed by atoms with van der Waals surface area (Å²) in [5.74, 6) is -1.18. The second-order valence-corrected chi connectivity index (χ2v) is 9.76. The fraction of sp³-hybridized carbons (Fsp3) is 0.444. The Labute approximate surface area is 204 Å². The van der Waals surface area contributed by atoms with E-state index in [0.29, 0.717) is 13.1 Å². The number of fused-ring (bicyclic) bond motifs is 3. The Morgan fingerprint density at radius 1 is 1.03 bits per heavy atom. The molecule has 1 heterocycles. The van der Waals surface area contributed by atoms with Crippen molar-refractivity contribution in [3.8, 4) is 11.1 Å². The van der Waals surface area contributed by atoms with Crippen LogP contribution >= 0.6 is 0 Å². The van der Waals surface area contributed by atoms with Gasteiger partial charge in [0.15, 0.2) is 0 Å². The van der Waals surface area contributed by atoms with Gasteiger partial charge in [-0.2, -0.15) is 0 Å². The summed E-state index contributed by atoms with van der Waals surface area (Å²) in [5, 5.41) is 12.3. The van der Waals surface area contributed by atoms with Crippen molar-refractivity contribution in [2.45, 2.75) is 37.3 Å². The number of carboxylic acids is 1. The highest BCUT2D eigenvalue weighted by Gasteiger charge is 2.40. The van der Waals surface area contributed by atoms with Crippen molar-refractivity contribution in [3.63, 3.8) is 0 Å². The quantitative estimate of drug-likeness (QED) is 0.664. The first-order valence-corrected chi connectivity index (χ1v) is 12.3. The first-order chi connectivity index (χ1) is 16.9. The molecule has 2 fully saturated rings. The van der Waals surface area contributed by atoms with Crippen LogP contribution in [-0.4, -0.2) is 78.2 Å². The molecule has 2 N–H and O–H groups in total. The second kappa shape index (κ2) is 9.70. The van der Waals surface area contributed by atoms with Crippen molar-refractivity contribution >= 4 is 18.0 Å². The average molecular weight is 478 g/mol. The molecular weight excluding hydrogens is 446 g/mol. The van der Waals surface area contributed by atoms with Crippen molar-refractivity contribution in [1.29, 1.82) is 0 Å². The lowest BCUT2D eigenvalue weighted by Crippen LogP contribution is -2.61. The molecule has 1 aliphatic heterocycles. The summed E-state index contributed by atoms with van der Waals surface area (Å²) in [6.07, 6.45) is 2.12. The molecule has 8 heteroatoms. The number of piperazine rings is 1. The zero-order chi connectivity index (χ0) is 24.5. The lowest BCUT2D eigenvalue weighted by molar-refractivity contribution is -0.148. The van der Waals surface area contributed by atoms with Crippen LogP contribution in [-0.2, 0) is 14.3 Å². The molecule has 184 valence electrons. The number of carbonyl (C=O) groups is 3. The van der Waals surface area contributed by atoms with Crippen LogP contribution in [0.25, 0.3) is 11.1 Å². The van der Waals surface area contributed by atoms with E-state index in [4.69, 9.17) is 4.74 Å². The van der Waals surface area contributed by atoms with E-state index in [1.807, 2.05) is 24.3 Å². The lowest BCUT2D eigenvalue weighted by atomic mass is 9.79. The molecule has 1 saturated heterocycles. The predicted octanol–water partition coefficient (Wildman–Crippen LogP) is 2.92. The number of likely N-dealkylation sites (N-methyl/N-ethyl adjacent to an activating group) is 1. The van der Waals surface area contributed by atoms with E-state index >= 15 is 0 Å². The van der Waals surface area contributed by atoms with Crippen LogP contribution in [0.5, 0.6) is 0 Å². The minimum Gasteiger partial charge on any atom is -0.480 e. The second-order valence-electron chi connectivity index (χ2n) is 9.76. The summed E-state index contributed by atoms with van der Waals surface area (Å²) >= 11 is 0. The summed E-state index contributed by atoms with van der Waals surface area (Å²) in [6.45, 7) is 1.21. The molecular formula is C27H31N3O5. The third-order valence-corrected chi connectivity index (χ3v) is 7.75. The van der Waals surface area contributed by atoms with Crippen LogP contribution < -0.4 is 5.32 Å². The molecule has 2 unspecified atom stereocenters. The molecule has 35 heavy (non-hydrogen) atoms. The van der Waals surface area contributed by atoms with E-state index in [2.05, 4.69) is 29.6 Å². The van der Waals surface area contributed by atoms with Gasteiger partial charge in [-0.15, -0.1) is 0 Å². The van der Waals surface area contributed by atoms with Crippen LogP contribution in [0.3, 0.4) is 0 Å². The lowest BCUT2D eigenvalue weighted by Gasteiger charge is -2.41. The van der Waals surface area contributed by atoms with Gasteiger partial charge in [-0.3, -0.25) is 14.5 Å². The van der Waals surface area contributed by atoms with Crippen LogP contribution in [0.1, 0.15) is 36.3 Å². The topological polar surface area (TPSA) is 99.2 Å². The Kier molecular flexibility index (Phi) is 6.47. The molecule has 1 saturated carbocycles. The first-order valence-electron chi connectivity index (χ1n) is 12.3. The number of rotatable bonds is 6. The van der Waals surface area contributed by atoms with E-state index in [1.54, 1.807) is 16.8 Å². The van der Waals surface area contributed by atoms with Crippen molar-refractivity contribution in [1.82, 2.24) is 15.1 Å². The minimum atomic E-state index is -0.949. The van der Waals surface area contributed by atoms with E-state index in [1.165, 1.54) is 0 Å². The van der Waals surface area contributed by atoms with Gasteiger partial charge in [0.05, 0.1) is 0 Å². The summed E-state index contributed by atoms with van der Waals surface area (Å²) in [4.78, 5) is 41.2. The maximum Gasteiger partial charge on any atom is 0.407 e. The van der Waals surface area contributed by atoms with E-state index < -0.39 is 24.1 Å². The van der Waals surface area contributed by atoms with Gasteiger partial charge in [-0.25, -0.2) is 4.79 Å². The number of amides is 2. The third-order valence-electron chi connectivity index (χ3n) is 7.75. The van der Waals surface area contributed by atoms with Gasteiger partial charge in [0.2, 0.25) is 5.91 Å². The van der Waals surface area contributed by atoms with Crippen molar-refractivity contribution in [3.05, 3.63) is 59.7 Å². The molecule has 5 rings (SSSR count). The molecule has 2 aliphatic carbocycles. The number of hydrogen-bond acceptors (Lipinski definition) is 5. The zero-order valence-electron chi connectivity index (χ0n) is 19.9. The maximum absolute atomic E-state index is 13.4. The van der Waals surface area contributed by atoms with E-state index in [-0.39, 0.29) is 30.9 Å². The summed E-state index contributed by atoms with van der Waals surface area (Å²) in [5.41, 5.74) is 4.57. The molecule has 2 amide bonds. The number of ether oxygens (including phenoxy) is 1. The van der Waals surface area contributed by atoms with Crippen LogP contribution in [0, 0.1) is 5.92 Å². The molecule has 2 atom stereocenters. The monoisotopic (exact) mass is 477 g/mol. The van der Waals surface area contributed by atoms with E-state index in [9.17, 15) is 19.5 Å².